The summed E-state index contributed by atoms with van der Waals surface area (Å²) in [4.78, 5) is 11.0. The van der Waals surface area contributed by atoms with E-state index in [1.54, 1.807) is 0 Å². The third-order valence-corrected chi connectivity index (χ3v) is 4.45. The van der Waals surface area contributed by atoms with Crippen LogP contribution >= 0.6 is 0 Å². The van der Waals surface area contributed by atoms with Gasteiger partial charge in [0.25, 0.3) is 10.2 Å². The summed E-state index contributed by atoms with van der Waals surface area (Å²) in [5.41, 5.74) is 0. The topological polar surface area (TPSA) is 95.9 Å². The van der Waals surface area contributed by atoms with Crippen molar-refractivity contribution in [1.82, 2.24) is 9.03 Å². The van der Waals surface area contributed by atoms with E-state index in [2.05, 4.69) is 4.72 Å². The fourth-order valence-electron chi connectivity index (χ4n) is 1.69. The Kier molecular flexibility index (Phi) is 5.09. The molecule has 2 atom stereocenters. The van der Waals surface area contributed by atoms with E-state index in [-0.39, 0.29) is 19.1 Å². The summed E-state index contributed by atoms with van der Waals surface area (Å²) in [6.45, 7) is 4.25. The van der Waals surface area contributed by atoms with Crippen molar-refractivity contribution in [2.24, 2.45) is 11.8 Å². The molecule has 8 heteroatoms. The van der Waals surface area contributed by atoms with Crippen LogP contribution in [-0.2, 0) is 19.7 Å². The molecule has 7 nitrogen and oxygen atoms in total. The van der Waals surface area contributed by atoms with Crippen molar-refractivity contribution in [3.8, 4) is 0 Å². The predicted octanol–water partition coefficient (Wildman–Crippen LogP) is -0.492. The van der Waals surface area contributed by atoms with Crippen molar-refractivity contribution in [3.05, 3.63) is 0 Å². The van der Waals surface area contributed by atoms with Gasteiger partial charge in [-0.25, -0.2) is 4.72 Å². The number of rotatable bonds is 6. The number of aliphatic carboxylic acids is 1. The first kappa shape index (κ1) is 15.4. The van der Waals surface area contributed by atoms with E-state index in [4.69, 9.17) is 9.84 Å². The van der Waals surface area contributed by atoms with Crippen molar-refractivity contribution < 1.29 is 23.1 Å². The van der Waals surface area contributed by atoms with Gasteiger partial charge in [-0.15, -0.1) is 0 Å². The van der Waals surface area contributed by atoms with Crippen LogP contribution in [0.2, 0.25) is 0 Å². The predicted molar refractivity (Wildman–Crippen MR) is 65.3 cm³/mol. The monoisotopic (exact) mass is 280 g/mol. The molecule has 2 N–H and O–H groups in total. The van der Waals surface area contributed by atoms with E-state index in [0.29, 0.717) is 6.54 Å². The Hall–Kier alpha value is -0.700. The van der Waals surface area contributed by atoms with Gasteiger partial charge in [0.1, 0.15) is 0 Å². The summed E-state index contributed by atoms with van der Waals surface area (Å²) in [5.74, 6) is -1.67. The van der Waals surface area contributed by atoms with Crippen molar-refractivity contribution in [2.45, 2.75) is 19.9 Å². The number of nitrogens with zero attached hydrogens (tertiary/aromatic N) is 1. The lowest BCUT2D eigenvalue weighted by molar-refractivity contribution is -0.142. The van der Waals surface area contributed by atoms with Crippen LogP contribution in [-0.4, -0.2) is 56.6 Å². The van der Waals surface area contributed by atoms with Crippen molar-refractivity contribution in [3.63, 3.8) is 0 Å². The molecule has 1 aliphatic rings. The van der Waals surface area contributed by atoms with Gasteiger partial charge in [-0.1, -0.05) is 13.8 Å². The smallest absolute Gasteiger partial charge is 0.310 e. The lowest BCUT2D eigenvalue weighted by atomic mass is 10.1. The van der Waals surface area contributed by atoms with Crippen LogP contribution in [0.15, 0.2) is 0 Å². The highest BCUT2D eigenvalue weighted by Crippen LogP contribution is 2.20. The third kappa shape index (κ3) is 3.64. The van der Waals surface area contributed by atoms with Crippen molar-refractivity contribution in [2.75, 3.05) is 26.8 Å². The molecule has 1 fully saturated rings. The van der Waals surface area contributed by atoms with Gasteiger partial charge in [-0.2, -0.15) is 12.7 Å². The molecule has 1 aliphatic heterocycles. The third-order valence-electron chi connectivity index (χ3n) is 2.89. The van der Waals surface area contributed by atoms with E-state index in [1.807, 2.05) is 13.8 Å². The molecule has 0 amide bonds. The number of nitrogens with one attached hydrogen (secondary N) is 1. The highest BCUT2D eigenvalue weighted by atomic mass is 32.2. The second-order valence-electron chi connectivity index (χ2n) is 4.81. The number of hydrogen-bond acceptors (Lipinski definition) is 4. The zero-order valence-corrected chi connectivity index (χ0v) is 11.6. The Morgan fingerprint density at radius 2 is 2.11 bits per heavy atom. The highest BCUT2D eigenvalue weighted by molar-refractivity contribution is 7.87. The zero-order chi connectivity index (χ0) is 13.9. The maximum absolute atomic E-state index is 12.0. The molecule has 1 heterocycles. The molecule has 106 valence electrons. The van der Waals surface area contributed by atoms with Gasteiger partial charge in [-0.05, 0) is 5.92 Å². The van der Waals surface area contributed by atoms with Crippen LogP contribution in [0.3, 0.4) is 0 Å². The SMILES string of the molecule is CC(C)CNS(=O)(=O)N(C)C1COCC1C(=O)O. The van der Waals surface area contributed by atoms with Crippen molar-refractivity contribution in [1.29, 1.82) is 0 Å². The minimum absolute atomic E-state index is 0.0457. The van der Waals surface area contributed by atoms with Crippen LogP contribution in [0.5, 0.6) is 0 Å². The number of hydrogen-bond donors (Lipinski definition) is 2. The van der Waals surface area contributed by atoms with E-state index < -0.39 is 28.1 Å². The van der Waals surface area contributed by atoms with Gasteiger partial charge in [0.2, 0.25) is 0 Å². The molecule has 0 saturated carbocycles. The number of carbonyl (C=O) groups is 1. The average Bonchev–Trinajstić information content (AvgIpc) is 2.74. The van der Waals surface area contributed by atoms with Crippen LogP contribution in [0.1, 0.15) is 13.8 Å². The fourth-order valence-corrected chi connectivity index (χ4v) is 3.00. The highest BCUT2D eigenvalue weighted by Gasteiger charge is 2.40. The Morgan fingerprint density at radius 1 is 1.50 bits per heavy atom. The molecular formula is C10H20N2O5S. The molecule has 0 bridgehead atoms. The van der Waals surface area contributed by atoms with E-state index in [0.717, 1.165) is 4.31 Å². The molecule has 2 unspecified atom stereocenters. The Bertz CT molecular complexity index is 395. The molecule has 0 aliphatic carbocycles. The molecule has 0 spiro atoms. The average molecular weight is 280 g/mol. The second kappa shape index (κ2) is 5.96. The molecule has 0 radical (unpaired) electrons. The van der Waals surface area contributed by atoms with Gasteiger partial charge in [-0.3, -0.25) is 4.79 Å². The molecule has 18 heavy (non-hydrogen) atoms. The van der Waals surface area contributed by atoms with Crippen LogP contribution in [0, 0.1) is 11.8 Å². The standard InChI is InChI=1S/C10H20N2O5S/c1-7(2)4-11-18(15,16)12(3)9-6-17-5-8(9)10(13)14/h7-9,11H,4-6H2,1-3H3,(H,13,14). The van der Waals surface area contributed by atoms with E-state index in [9.17, 15) is 13.2 Å². The van der Waals surface area contributed by atoms with E-state index >= 15 is 0 Å². The normalized spacial score (nSPS) is 24.9. The summed E-state index contributed by atoms with van der Waals surface area (Å²) in [6.07, 6.45) is 0. The summed E-state index contributed by atoms with van der Waals surface area (Å²) in [5, 5.41) is 8.99. The zero-order valence-electron chi connectivity index (χ0n) is 10.8. The first-order valence-corrected chi connectivity index (χ1v) is 7.23. The minimum atomic E-state index is -3.67. The molecular weight excluding hydrogens is 260 g/mol. The van der Waals surface area contributed by atoms with Gasteiger partial charge in [0, 0.05) is 13.6 Å². The fraction of sp³-hybridized carbons (Fsp3) is 0.900. The maximum atomic E-state index is 12.0. The summed E-state index contributed by atoms with van der Waals surface area (Å²) < 4.78 is 32.5. The quantitative estimate of drug-likeness (QED) is 0.684. The van der Waals surface area contributed by atoms with Crippen LogP contribution < -0.4 is 4.72 Å². The van der Waals surface area contributed by atoms with Crippen LogP contribution in [0.25, 0.3) is 0 Å². The Labute approximate surface area is 107 Å². The number of ether oxygens (including phenoxy) is 1. The molecule has 1 rings (SSSR count). The Balaban J connectivity index is 2.73. The van der Waals surface area contributed by atoms with Crippen molar-refractivity contribution >= 4 is 16.2 Å². The number of likely N-dealkylation sites (N-methyl/N-ethyl adjacent to an activating group) is 1. The maximum Gasteiger partial charge on any atom is 0.310 e. The van der Waals surface area contributed by atoms with Gasteiger partial charge in [0.15, 0.2) is 0 Å². The number of carboxylic acid groups (broad SMARTS) is 1. The first-order valence-electron chi connectivity index (χ1n) is 5.79. The Morgan fingerprint density at radius 3 is 2.61 bits per heavy atom. The summed E-state index contributed by atoms with van der Waals surface area (Å²) >= 11 is 0. The molecule has 0 aromatic rings. The molecule has 0 aromatic heterocycles. The van der Waals surface area contributed by atoms with Gasteiger partial charge in [0.05, 0.1) is 25.2 Å². The van der Waals surface area contributed by atoms with Crippen LogP contribution in [0.4, 0.5) is 0 Å². The lowest BCUT2D eigenvalue weighted by Crippen LogP contribution is -2.49. The number of carboxylic acids is 1. The molecule has 1 saturated heterocycles. The lowest BCUT2D eigenvalue weighted by Gasteiger charge is -2.26. The second-order valence-corrected chi connectivity index (χ2v) is 6.63. The minimum Gasteiger partial charge on any atom is -0.481 e. The molecule has 0 aromatic carbocycles. The summed E-state index contributed by atoms with van der Waals surface area (Å²) in [7, 11) is -2.29. The van der Waals surface area contributed by atoms with Gasteiger partial charge < -0.3 is 9.84 Å². The van der Waals surface area contributed by atoms with E-state index in [1.165, 1.54) is 7.05 Å². The first-order chi connectivity index (χ1) is 8.25. The van der Waals surface area contributed by atoms with Gasteiger partial charge >= 0.3 is 5.97 Å². The summed E-state index contributed by atoms with van der Waals surface area (Å²) in [6, 6.07) is -0.660. The largest absolute Gasteiger partial charge is 0.481 e.